The highest BCUT2D eigenvalue weighted by Gasteiger charge is 2.31. The number of hydrogen-bond acceptors (Lipinski definition) is 5. The van der Waals surface area contributed by atoms with E-state index < -0.39 is 9.84 Å². The fraction of sp³-hybridized carbons (Fsp3) is 0.571. The van der Waals surface area contributed by atoms with Gasteiger partial charge in [-0.1, -0.05) is 13.8 Å². The third-order valence-electron chi connectivity index (χ3n) is 3.96. The standard InChI is InChI=1S/C14H20N4O2S/c1-10(2)12-8-13-14(15-5-6-18(13)17-12)16-9-11-4-3-7-21(11,19)20/h5-6,8,10-11H,3-4,7,9H2,1-2H3,(H,15,16). The summed E-state index contributed by atoms with van der Waals surface area (Å²) in [7, 11) is -2.93. The summed E-state index contributed by atoms with van der Waals surface area (Å²) in [6, 6.07) is 2.00. The van der Waals surface area contributed by atoms with Crippen molar-refractivity contribution in [2.24, 2.45) is 0 Å². The van der Waals surface area contributed by atoms with Gasteiger partial charge in [0.25, 0.3) is 0 Å². The predicted molar refractivity (Wildman–Crippen MR) is 82.4 cm³/mol. The Bertz CT molecular complexity index is 751. The van der Waals surface area contributed by atoms with Gasteiger partial charge < -0.3 is 5.32 Å². The molecule has 0 spiro atoms. The third-order valence-corrected chi connectivity index (χ3v) is 6.24. The van der Waals surface area contributed by atoms with Crippen molar-refractivity contribution in [3.05, 3.63) is 24.2 Å². The van der Waals surface area contributed by atoms with Gasteiger partial charge in [0.15, 0.2) is 15.7 Å². The smallest absolute Gasteiger partial charge is 0.154 e. The van der Waals surface area contributed by atoms with Crippen LogP contribution in [0.3, 0.4) is 0 Å². The maximum Gasteiger partial charge on any atom is 0.154 e. The Balaban J connectivity index is 1.84. The van der Waals surface area contributed by atoms with E-state index in [1.165, 1.54) is 0 Å². The van der Waals surface area contributed by atoms with Crippen LogP contribution in [0.1, 0.15) is 38.3 Å². The van der Waals surface area contributed by atoms with Crippen molar-refractivity contribution < 1.29 is 8.42 Å². The summed E-state index contributed by atoms with van der Waals surface area (Å²) in [5.74, 6) is 1.34. The highest BCUT2D eigenvalue weighted by molar-refractivity contribution is 7.92. The van der Waals surface area contributed by atoms with Gasteiger partial charge >= 0.3 is 0 Å². The lowest BCUT2D eigenvalue weighted by atomic mass is 10.1. The van der Waals surface area contributed by atoms with E-state index in [2.05, 4.69) is 29.2 Å². The first kappa shape index (κ1) is 14.3. The van der Waals surface area contributed by atoms with Crippen molar-refractivity contribution in [2.45, 2.75) is 37.9 Å². The van der Waals surface area contributed by atoms with Gasteiger partial charge in [-0.2, -0.15) is 5.10 Å². The van der Waals surface area contributed by atoms with Gasteiger partial charge in [-0.25, -0.2) is 17.9 Å². The molecule has 1 aliphatic rings. The van der Waals surface area contributed by atoms with Gasteiger partial charge in [0, 0.05) is 18.9 Å². The molecule has 3 heterocycles. The van der Waals surface area contributed by atoms with E-state index >= 15 is 0 Å². The van der Waals surface area contributed by atoms with Crippen LogP contribution in [0.25, 0.3) is 5.52 Å². The van der Waals surface area contributed by atoms with Gasteiger partial charge in [0.1, 0.15) is 5.52 Å². The number of nitrogens with zero attached hydrogens (tertiary/aromatic N) is 3. The molecule has 1 atom stereocenters. The lowest BCUT2D eigenvalue weighted by Gasteiger charge is -2.11. The first-order valence-electron chi connectivity index (χ1n) is 7.27. The van der Waals surface area contributed by atoms with E-state index in [4.69, 9.17) is 0 Å². The van der Waals surface area contributed by atoms with E-state index in [1.807, 2.05) is 6.07 Å². The number of rotatable bonds is 4. The number of nitrogens with one attached hydrogen (secondary N) is 1. The van der Waals surface area contributed by atoms with Crippen molar-refractivity contribution in [3.63, 3.8) is 0 Å². The first-order valence-corrected chi connectivity index (χ1v) is 8.98. The summed E-state index contributed by atoms with van der Waals surface area (Å²) in [5, 5.41) is 7.39. The minimum Gasteiger partial charge on any atom is -0.367 e. The van der Waals surface area contributed by atoms with E-state index in [9.17, 15) is 8.42 Å². The molecular weight excluding hydrogens is 288 g/mol. The second kappa shape index (κ2) is 5.29. The summed E-state index contributed by atoms with van der Waals surface area (Å²) in [4.78, 5) is 4.32. The van der Waals surface area contributed by atoms with E-state index in [-0.39, 0.29) is 5.25 Å². The number of anilines is 1. The second-order valence-corrected chi connectivity index (χ2v) is 8.24. The van der Waals surface area contributed by atoms with E-state index in [1.54, 1.807) is 16.9 Å². The van der Waals surface area contributed by atoms with Crippen molar-refractivity contribution >= 4 is 21.2 Å². The zero-order valence-electron chi connectivity index (χ0n) is 12.3. The molecule has 0 saturated carbocycles. The molecule has 21 heavy (non-hydrogen) atoms. The lowest BCUT2D eigenvalue weighted by Crippen LogP contribution is -2.25. The van der Waals surface area contributed by atoms with Gasteiger partial charge in [-0.3, -0.25) is 0 Å². The zero-order valence-corrected chi connectivity index (χ0v) is 13.1. The Kier molecular flexibility index (Phi) is 3.61. The van der Waals surface area contributed by atoms with Crippen LogP contribution in [0.4, 0.5) is 5.82 Å². The van der Waals surface area contributed by atoms with Crippen LogP contribution in [0.2, 0.25) is 0 Å². The second-order valence-electron chi connectivity index (χ2n) is 5.84. The minimum atomic E-state index is -2.93. The molecule has 7 heteroatoms. The molecule has 0 aromatic carbocycles. The average Bonchev–Trinajstić information content (AvgIpc) is 2.99. The SMILES string of the molecule is CC(C)c1cc2c(NCC3CCCS3(=O)=O)nccn2n1. The van der Waals surface area contributed by atoms with Crippen LogP contribution < -0.4 is 5.32 Å². The van der Waals surface area contributed by atoms with Crippen LogP contribution in [-0.2, 0) is 9.84 Å². The lowest BCUT2D eigenvalue weighted by molar-refractivity contribution is 0.591. The minimum absolute atomic E-state index is 0.299. The Morgan fingerprint density at radius 1 is 1.48 bits per heavy atom. The fourth-order valence-corrected chi connectivity index (χ4v) is 4.42. The van der Waals surface area contributed by atoms with Crippen molar-refractivity contribution in [3.8, 4) is 0 Å². The van der Waals surface area contributed by atoms with Gasteiger partial charge in [0.2, 0.25) is 0 Å². The summed E-state index contributed by atoms with van der Waals surface area (Å²) in [5.41, 5.74) is 1.89. The molecule has 1 saturated heterocycles. The third kappa shape index (κ3) is 2.74. The molecular formula is C14H20N4O2S. The largest absolute Gasteiger partial charge is 0.367 e. The maximum atomic E-state index is 11.9. The highest BCUT2D eigenvalue weighted by Crippen LogP contribution is 2.23. The Morgan fingerprint density at radius 2 is 2.29 bits per heavy atom. The highest BCUT2D eigenvalue weighted by atomic mass is 32.2. The quantitative estimate of drug-likeness (QED) is 0.932. The molecule has 0 amide bonds. The number of hydrogen-bond donors (Lipinski definition) is 1. The van der Waals surface area contributed by atoms with Crippen molar-refractivity contribution in [1.29, 1.82) is 0 Å². The molecule has 1 unspecified atom stereocenters. The molecule has 1 N–H and O–H groups in total. The summed E-state index contributed by atoms with van der Waals surface area (Å²) in [6.45, 7) is 4.60. The van der Waals surface area contributed by atoms with E-state index in [0.717, 1.165) is 24.1 Å². The molecule has 1 fully saturated rings. The monoisotopic (exact) mass is 308 g/mol. The summed E-state index contributed by atoms with van der Waals surface area (Å²) in [6.07, 6.45) is 4.97. The number of fused-ring (bicyclic) bond motifs is 1. The van der Waals surface area contributed by atoms with Crippen molar-refractivity contribution in [1.82, 2.24) is 14.6 Å². The molecule has 2 aromatic rings. The van der Waals surface area contributed by atoms with Crippen molar-refractivity contribution in [2.75, 3.05) is 17.6 Å². The number of aromatic nitrogens is 3. The maximum absolute atomic E-state index is 11.9. The van der Waals surface area contributed by atoms with Crippen LogP contribution in [0, 0.1) is 0 Å². The molecule has 6 nitrogen and oxygen atoms in total. The first-order chi connectivity index (χ1) is 9.97. The average molecular weight is 308 g/mol. The van der Waals surface area contributed by atoms with Gasteiger partial charge in [-0.15, -0.1) is 0 Å². The van der Waals surface area contributed by atoms with Crippen LogP contribution in [0.5, 0.6) is 0 Å². The molecule has 2 aromatic heterocycles. The fourth-order valence-electron chi connectivity index (χ4n) is 2.66. The summed E-state index contributed by atoms with van der Waals surface area (Å²) >= 11 is 0. The molecule has 0 radical (unpaired) electrons. The molecule has 0 aliphatic carbocycles. The Hall–Kier alpha value is -1.63. The molecule has 1 aliphatic heterocycles. The Morgan fingerprint density at radius 3 is 2.95 bits per heavy atom. The van der Waals surface area contributed by atoms with Crippen LogP contribution >= 0.6 is 0 Å². The van der Waals surface area contributed by atoms with E-state index in [0.29, 0.717) is 24.0 Å². The Labute approximate surface area is 124 Å². The van der Waals surface area contributed by atoms with Gasteiger partial charge in [0.05, 0.1) is 16.7 Å². The van der Waals surface area contributed by atoms with Gasteiger partial charge in [-0.05, 0) is 24.8 Å². The molecule has 0 bridgehead atoms. The molecule has 3 rings (SSSR count). The van der Waals surface area contributed by atoms with Crippen LogP contribution in [-0.4, -0.2) is 40.6 Å². The molecule has 114 valence electrons. The predicted octanol–water partition coefficient (Wildman–Crippen LogP) is 1.84. The summed E-state index contributed by atoms with van der Waals surface area (Å²) < 4.78 is 25.5. The normalized spacial score (nSPS) is 21.2. The van der Waals surface area contributed by atoms with Crippen LogP contribution in [0.15, 0.2) is 18.5 Å². The number of sulfone groups is 1. The zero-order chi connectivity index (χ0) is 15.0. The topological polar surface area (TPSA) is 76.4 Å².